The molecule has 2 rings (SSSR count). The Labute approximate surface area is 159 Å². The van der Waals surface area contributed by atoms with E-state index in [0.29, 0.717) is 17.2 Å². The van der Waals surface area contributed by atoms with Gasteiger partial charge in [-0.05, 0) is 29.2 Å². The van der Waals surface area contributed by atoms with Crippen LogP contribution in [0.15, 0.2) is 54.6 Å². The highest BCUT2D eigenvalue weighted by atomic mass is 16.2. The molecule has 27 heavy (non-hydrogen) atoms. The average Bonchev–Trinajstić information content (AvgIpc) is 2.65. The minimum Gasteiger partial charge on any atom is -0.347 e. The smallest absolute Gasteiger partial charge is 0.251 e. The lowest BCUT2D eigenvalue weighted by Crippen LogP contribution is -2.42. The van der Waals surface area contributed by atoms with Crippen molar-refractivity contribution in [3.05, 3.63) is 65.7 Å². The molecule has 0 heterocycles. The molecule has 142 valence electrons. The van der Waals surface area contributed by atoms with Crippen LogP contribution >= 0.6 is 0 Å². The van der Waals surface area contributed by atoms with Crippen molar-refractivity contribution in [2.24, 2.45) is 0 Å². The molecule has 0 saturated carbocycles. The van der Waals surface area contributed by atoms with Crippen LogP contribution in [-0.4, -0.2) is 24.3 Å². The molecule has 3 amide bonds. The van der Waals surface area contributed by atoms with E-state index in [9.17, 15) is 14.4 Å². The summed E-state index contributed by atoms with van der Waals surface area (Å²) in [6.45, 7) is 5.35. The van der Waals surface area contributed by atoms with Gasteiger partial charge in [0, 0.05) is 12.6 Å². The Morgan fingerprint density at radius 1 is 0.889 bits per heavy atom. The molecule has 2 aromatic rings. The van der Waals surface area contributed by atoms with E-state index < -0.39 is 11.9 Å². The van der Waals surface area contributed by atoms with Gasteiger partial charge in [0.05, 0.1) is 6.54 Å². The van der Waals surface area contributed by atoms with Gasteiger partial charge in [-0.25, -0.2) is 0 Å². The number of amides is 3. The Morgan fingerprint density at radius 3 is 2.07 bits per heavy atom. The summed E-state index contributed by atoms with van der Waals surface area (Å²) in [6.07, 6.45) is 0. The average molecular weight is 367 g/mol. The van der Waals surface area contributed by atoms with Gasteiger partial charge in [-0.1, -0.05) is 56.3 Å². The topological polar surface area (TPSA) is 87.3 Å². The van der Waals surface area contributed by atoms with Crippen LogP contribution in [0.25, 0.3) is 0 Å². The standard InChI is InChI=1S/C21H25N3O3/c1-14(2)16-9-11-18(12-10-16)23-21(27)20(17-7-5-4-6-8-17)24-19(26)13-22-15(3)25/h4-12,14,20H,13H2,1-3H3,(H,22,25)(H,23,27)(H,24,26)/t20-/m0/s1. The normalized spacial score (nSPS) is 11.6. The van der Waals surface area contributed by atoms with E-state index in [-0.39, 0.29) is 18.4 Å². The number of hydrogen-bond acceptors (Lipinski definition) is 3. The minimum atomic E-state index is -0.864. The maximum Gasteiger partial charge on any atom is 0.251 e. The van der Waals surface area contributed by atoms with Crippen molar-refractivity contribution in [3.63, 3.8) is 0 Å². The Morgan fingerprint density at radius 2 is 1.52 bits per heavy atom. The van der Waals surface area contributed by atoms with E-state index in [0.717, 1.165) is 0 Å². The number of rotatable bonds is 7. The number of hydrogen-bond donors (Lipinski definition) is 3. The van der Waals surface area contributed by atoms with Gasteiger partial charge >= 0.3 is 0 Å². The van der Waals surface area contributed by atoms with Gasteiger partial charge in [0.25, 0.3) is 5.91 Å². The van der Waals surface area contributed by atoms with Gasteiger partial charge < -0.3 is 16.0 Å². The third-order valence-electron chi connectivity index (χ3n) is 4.04. The zero-order valence-corrected chi connectivity index (χ0v) is 15.8. The van der Waals surface area contributed by atoms with Crippen molar-refractivity contribution in [2.45, 2.75) is 32.7 Å². The van der Waals surface area contributed by atoms with Gasteiger partial charge in [0.1, 0.15) is 6.04 Å². The monoisotopic (exact) mass is 367 g/mol. The zero-order chi connectivity index (χ0) is 19.8. The van der Waals surface area contributed by atoms with E-state index in [1.165, 1.54) is 12.5 Å². The first-order valence-electron chi connectivity index (χ1n) is 8.86. The first kappa shape index (κ1) is 20.2. The van der Waals surface area contributed by atoms with E-state index in [4.69, 9.17) is 0 Å². The van der Waals surface area contributed by atoms with Crippen molar-refractivity contribution in [2.75, 3.05) is 11.9 Å². The van der Waals surface area contributed by atoms with Crippen molar-refractivity contribution >= 4 is 23.4 Å². The second kappa shape index (κ2) is 9.52. The summed E-state index contributed by atoms with van der Waals surface area (Å²) in [5, 5.41) is 7.93. The van der Waals surface area contributed by atoms with Crippen LogP contribution in [0.4, 0.5) is 5.69 Å². The molecule has 2 aromatic carbocycles. The summed E-state index contributed by atoms with van der Waals surface area (Å²) in [5.41, 5.74) is 2.49. The molecular weight excluding hydrogens is 342 g/mol. The molecule has 1 atom stereocenters. The Balaban J connectivity index is 2.13. The lowest BCUT2D eigenvalue weighted by Gasteiger charge is -2.19. The quantitative estimate of drug-likeness (QED) is 0.703. The van der Waals surface area contributed by atoms with E-state index >= 15 is 0 Å². The van der Waals surface area contributed by atoms with Crippen molar-refractivity contribution in [1.29, 1.82) is 0 Å². The highest BCUT2D eigenvalue weighted by Crippen LogP contribution is 2.19. The SMILES string of the molecule is CC(=O)NCC(=O)N[C@H](C(=O)Nc1ccc(C(C)C)cc1)c1ccccc1. The van der Waals surface area contributed by atoms with Gasteiger partial charge in [0.15, 0.2) is 0 Å². The predicted molar refractivity (Wildman–Crippen MR) is 105 cm³/mol. The highest BCUT2D eigenvalue weighted by molar-refractivity contribution is 5.98. The fraction of sp³-hybridized carbons (Fsp3) is 0.286. The van der Waals surface area contributed by atoms with Crippen LogP contribution in [0.3, 0.4) is 0 Å². The third-order valence-corrected chi connectivity index (χ3v) is 4.04. The fourth-order valence-electron chi connectivity index (χ4n) is 2.53. The highest BCUT2D eigenvalue weighted by Gasteiger charge is 2.22. The Bertz CT molecular complexity index is 786. The van der Waals surface area contributed by atoms with Crippen molar-refractivity contribution in [3.8, 4) is 0 Å². The maximum absolute atomic E-state index is 12.8. The fourth-order valence-corrected chi connectivity index (χ4v) is 2.53. The summed E-state index contributed by atoms with van der Waals surface area (Å²) in [4.78, 5) is 35.9. The first-order chi connectivity index (χ1) is 12.9. The molecule has 0 spiro atoms. The van der Waals surface area contributed by atoms with Crippen LogP contribution in [0.1, 0.15) is 43.9 Å². The molecule has 6 heteroatoms. The van der Waals surface area contributed by atoms with Gasteiger partial charge in [0.2, 0.25) is 11.8 Å². The number of nitrogens with one attached hydrogen (secondary N) is 3. The molecule has 0 unspecified atom stereocenters. The molecule has 0 aliphatic rings. The van der Waals surface area contributed by atoms with Crippen LogP contribution in [0, 0.1) is 0 Å². The number of anilines is 1. The van der Waals surface area contributed by atoms with Crippen LogP contribution in [0.2, 0.25) is 0 Å². The van der Waals surface area contributed by atoms with Crippen LogP contribution in [0.5, 0.6) is 0 Å². The van der Waals surface area contributed by atoms with Gasteiger partial charge in [-0.15, -0.1) is 0 Å². The largest absolute Gasteiger partial charge is 0.347 e. The summed E-state index contributed by atoms with van der Waals surface area (Å²) < 4.78 is 0. The molecule has 0 saturated heterocycles. The summed E-state index contributed by atoms with van der Waals surface area (Å²) in [6, 6.07) is 15.7. The molecule has 3 N–H and O–H groups in total. The zero-order valence-electron chi connectivity index (χ0n) is 15.8. The molecule has 0 aliphatic heterocycles. The maximum atomic E-state index is 12.8. The molecule has 0 aliphatic carbocycles. The van der Waals surface area contributed by atoms with E-state index in [1.54, 1.807) is 24.3 Å². The molecule has 6 nitrogen and oxygen atoms in total. The van der Waals surface area contributed by atoms with Gasteiger partial charge in [-0.2, -0.15) is 0 Å². The van der Waals surface area contributed by atoms with Crippen molar-refractivity contribution in [1.82, 2.24) is 10.6 Å². The lowest BCUT2D eigenvalue weighted by atomic mass is 10.0. The van der Waals surface area contributed by atoms with Gasteiger partial charge in [-0.3, -0.25) is 14.4 Å². The van der Waals surface area contributed by atoms with Crippen LogP contribution < -0.4 is 16.0 Å². The second-order valence-electron chi connectivity index (χ2n) is 6.59. The molecule has 0 aromatic heterocycles. The molecule has 0 radical (unpaired) electrons. The van der Waals surface area contributed by atoms with Crippen molar-refractivity contribution < 1.29 is 14.4 Å². The predicted octanol–water partition coefficient (Wildman–Crippen LogP) is 2.74. The van der Waals surface area contributed by atoms with Crippen LogP contribution in [-0.2, 0) is 14.4 Å². The molecule has 0 bridgehead atoms. The van der Waals surface area contributed by atoms with E-state index in [2.05, 4.69) is 29.8 Å². The summed E-state index contributed by atoms with van der Waals surface area (Å²) in [7, 11) is 0. The number of carbonyl (C=O) groups excluding carboxylic acids is 3. The van der Waals surface area contributed by atoms with E-state index in [1.807, 2.05) is 30.3 Å². The summed E-state index contributed by atoms with van der Waals surface area (Å²) in [5.74, 6) is -0.699. The summed E-state index contributed by atoms with van der Waals surface area (Å²) >= 11 is 0. The molecular formula is C21H25N3O3. The third kappa shape index (κ3) is 6.26. The number of benzene rings is 2. The number of carbonyl (C=O) groups is 3. The Hall–Kier alpha value is -3.15. The lowest BCUT2D eigenvalue weighted by molar-refractivity contribution is -0.127. The minimum absolute atomic E-state index is 0.185. The second-order valence-corrected chi connectivity index (χ2v) is 6.59. The Kier molecular flexibility index (Phi) is 7.11. The molecule has 0 fully saturated rings. The first-order valence-corrected chi connectivity index (χ1v) is 8.86.